The minimum Gasteiger partial charge on any atom is -0.508 e. The maximum absolute atomic E-state index is 9.46. The summed E-state index contributed by atoms with van der Waals surface area (Å²) in [5.41, 5.74) is 1.11. The zero-order chi connectivity index (χ0) is 15.8. The summed E-state index contributed by atoms with van der Waals surface area (Å²) in [4.78, 5) is 7.18. The fourth-order valence-electron chi connectivity index (χ4n) is 2.11. The van der Waals surface area contributed by atoms with Crippen LogP contribution in [0, 0.1) is 6.92 Å². The van der Waals surface area contributed by atoms with E-state index in [0.717, 1.165) is 31.0 Å². The molecule has 1 heterocycles. The molecule has 4 nitrogen and oxygen atoms in total. The molecule has 3 N–H and O–H groups in total. The van der Waals surface area contributed by atoms with Gasteiger partial charge in [0.05, 0.1) is 6.54 Å². The van der Waals surface area contributed by atoms with Gasteiger partial charge in [0, 0.05) is 22.8 Å². The number of hydrogen-bond acceptors (Lipinski definition) is 3. The highest BCUT2D eigenvalue weighted by Crippen LogP contribution is 2.15. The van der Waals surface area contributed by atoms with Crippen molar-refractivity contribution in [2.24, 2.45) is 4.99 Å². The molecule has 5 heteroatoms. The third-order valence-corrected chi connectivity index (χ3v) is 4.14. The van der Waals surface area contributed by atoms with Crippen LogP contribution in [0.4, 0.5) is 0 Å². The molecule has 118 valence electrons. The summed E-state index contributed by atoms with van der Waals surface area (Å²) in [5, 5.41) is 16.0. The summed E-state index contributed by atoms with van der Waals surface area (Å²) < 4.78 is 0. The number of thiophene rings is 1. The Kier molecular flexibility index (Phi) is 6.27. The fraction of sp³-hybridized carbons (Fsp3) is 0.353. The van der Waals surface area contributed by atoms with Crippen molar-refractivity contribution in [3.8, 4) is 5.75 Å². The second-order valence-electron chi connectivity index (χ2n) is 5.05. The van der Waals surface area contributed by atoms with Gasteiger partial charge in [0.25, 0.3) is 0 Å². The van der Waals surface area contributed by atoms with E-state index in [9.17, 15) is 5.11 Å². The van der Waals surface area contributed by atoms with Gasteiger partial charge < -0.3 is 15.7 Å². The molecule has 2 aromatic rings. The first-order valence-electron chi connectivity index (χ1n) is 7.53. The number of hydrogen-bond donors (Lipinski definition) is 3. The van der Waals surface area contributed by atoms with Gasteiger partial charge in [0.2, 0.25) is 0 Å². The van der Waals surface area contributed by atoms with Crippen LogP contribution in [0.25, 0.3) is 0 Å². The summed E-state index contributed by atoms with van der Waals surface area (Å²) >= 11 is 1.78. The number of phenols is 1. The standard InChI is InChI=1S/C17H23N3OS/c1-3-18-17(20-12-16-8-7-13(2)22-16)19-10-9-14-5-4-6-15(21)11-14/h4-8,11,21H,3,9-10,12H2,1-2H3,(H2,18,19,20). The van der Waals surface area contributed by atoms with Crippen LogP contribution in [-0.4, -0.2) is 24.2 Å². The lowest BCUT2D eigenvalue weighted by Gasteiger charge is -2.11. The molecule has 0 radical (unpaired) electrons. The Bertz CT molecular complexity index is 622. The number of benzene rings is 1. The number of phenolic OH excluding ortho intramolecular Hbond substituents is 1. The highest BCUT2D eigenvalue weighted by molar-refractivity contribution is 7.11. The van der Waals surface area contributed by atoms with Crippen LogP contribution in [0.3, 0.4) is 0 Å². The third-order valence-electron chi connectivity index (χ3n) is 3.15. The molecule has 0 spiro atoms. The molecule has 0 aliphatic rings. The summed E-state index contributed by atoms with van der Waals surface area (Å²) in [6.07, 6.45) is 0.844. The van der Waals surface area contributed by atoms with Crippen LogP contribution in [0.2, 0.25) is 0 Å². The molecule has 2 rings (SSSR count). The average molecular weight is 317 g/mol. The molecule has 0 aliphatic heterocycles. The average Bonchev–Trinajstić information content (AvgIpc) is 2.90. The number of aryl methyl sites for hydroxylation is 1. The van der Waals surface area contributed by atoms with Crippen molar-refractivity contribution < 1.29 is 5.11 Å². The maximum atomic E-state index is 9.46. The molecule has 0 saturated heterocycles. The van der Waals surface area contributed by atoms with E-state index in [4.69, 9.17) is 0 Å². The first kappa shape index (κ1) is 16.4. The van der Waals surface area contributed by atoms with E-state index < -0.39 is 0 Å². The number of rotatable bonds is 6. The van der Waals surface area contributed by atoms with E-state index in [-0.39, 0.29) is 0 Å². The Morgan fingerprint density at radius 2 is 2.09 bits per heavy atom. The Hall–Kier alpha value is -2.01. The van der Waals surface area contributed by atoms with Crippen molar-refractivity contribution in [1.82, 2.24) is 10.6 Å². The molecule has 22 heavy (non-hydrogen) atoms. The smallest absolute Gasteiger partial charge is 0.191 e. The maximum Gasteiger partial charge on any atom is 0.191 e. The quantitative estimate of drug-likeness (QED) is 0.567. The van der Waals surface area contributed by atoms with E-state index in [0.29, 0.717) is 12.3 Å². The molecule has 0 fully saturated rings. The lowest BCUT2D eigenvalue weighted by atomic mass is 10.1. The molecule has 0 bridgehead atoms. The topological polar surface area (TPSA) is 56.7 Å². The van der Waals surface area contributed by atoms with Crippen LogP contribution < -0.4 is 10.6 Å². The fourth-order valence-corrected chi connectivity index (χ4v) is 2.92. The first-order valence-corrected chi connectivity index (χ1v) is 8.34. The van der Waals surface area contributed by atoms with E-state index in [2.05, 4.69) is 41.6 Å². The summed E-state index contributed by atoms with van der Waals surface area (Å²) in [7, 11) is 0. The number of aliphatic imine (C=N–C) groups is 1. The Morgan fingerprint density at radius 1 is 1.23 bits per heavy atom. The summed E-state index contributed by atoms with van der Waals surface area (Å²) in [6, 6.07) is 11.6. The van der Waals surface area contributed by atoms with Crippen molar-refractivity contribution in [1.29, 1.82) is 0 Å². The summed E-state index contributed by atoms with van der Waals surface area (Å²) in [6.45, 7) is 6.47. The van der Waals surface area contributed by atoms with Gasteiger partial charge in [0.15, 0.2) is 5.96 Å². The second kappa shape index (κ2) is 8.44. The lowest BCUT2D eigenvalue weighted by molar-refractivity contribution is 0.474. The van der Waals surface area contributed by atoms with Gasteiger partial charge in [-0.2, -0.15) is 0 Å². The minimum absolute atomic E-state index is 0.311. The molecule has 0 atom stereocenters. The predicted molar refractivity (Wildman–Crippen MR) is 93.7 cm³/mol. The molecule has 1 aromatic carbocycles. The van der Waals surface area contributed by atoms with Crippen molar-refractivity contribution >= 4 is 17.3 Å². The molecule has 0 amide bonds. The van der Waals surface area contributed by atoms with E-state index in [1.807, 2.05) is 12.1 Å². The van der Waals surface area contributed by atoms with Crippen molar-refractivity contribution in [2.45, 2.75) is 26.8 Å². The highest BCUT2D eigenvalue weighted by Gasteiger charge is 2.00. The van der Waals surface area contributed by atoms with Crippen LogP contribution >= 0.6 is 11.3 Å². The van der Waals surface area contributed by atoms with Crippen molar-refractivity contribution in [3.63, 3.8) is 0 Å². The van der Waals surface area contributed by atoms with E-state index in [1.165, 1.54) is 9.75 Å². The normalized spacial score (nSPS) is 11.5. The number of guanidine groups is 1. The molecule has 0 unspecified atom stereocenters. The Labute approximate surface area is 135 Å². The lowest BCUT2D eigenvalue weighted by Crippen LogP contribution is -2.38. The van der Waals surface area contributed by atoms with Crippen LogP contribution in [-0.2, 0) is 13.0 Å². The summed E-state index contributed by atoms with van der Waals surface area (Å²) in [5.74, 6) is 1.14. The van der Waals surface area contributed by atoms with Crippen molar-refractivity contribution in [2.75, 3.05) is 13.1 Å². The van der Waals surface area contributed by atoms with E-state index >= 15 is 0 Å². The van der Waals surface area contributed by atoms with Gasteiger partial charge >= 0.3 is 0 Å². The SMILES string of the molecule is CCNC(=NCc1ccc(C)s1)NCCc1cccc(O)c1. The molecule has 0 aliphatic carbocycles. The van der Waals surface area contributed by atoms with E-state index in [1.54, 1.807) is 23.5 Å². The van der Waals surface area contributed by atoms with Gasteiger partial charge in [-0.15, -0.1) is 11.3 Å². The highest BCUT2D eigenvalue weighted by atomic mass is 32.1. The molecule has 0 saturated carbocycles. The third kappa shape index (κ3) is 5.41. The number of nitrogens with zero attached hydrogens (tertiary/aromatic N) is 1. The van der Waals surface area contributed by atoms with Crippen LogP contribution in [0.15, 0.2) is 41.4 Å². The number of nitrogens with one attached hydrogen (secondary N) is 2. The molecular weight excluding hydrogens is 294 g/mol. The Morgan fingerprint density at radius 3 is 2.77 bits per heavy atom. The first-order chi connectivity index (χ1) is 10.7. The molecular formula is C17H23N3OS. The monoisotopic (exact) mass is 317 g/mol. The van der Waals surface area contributed by atoms with Gasteiger partial charge in [-0.25, -0.2) is 4.99 Å². The minimum atomic E-state index is 0.311. The Balaban J connectivity index is 1.85. The second-order valence-corrected chi connectivity index (χ2v) is 6.43. The zero-order valence-corrected chi connectivity index (χ0v) is 13.9. The van der Waals surface area contributed by atoms with Crippen molar-refractivity contribution in [3.05, 3.63) is 51.7 Å². The van der Waals surface area contributed by atoms with Gasteiger partial charge in [0.1, 0.15) is 5.75 Å². The van der Waals surface area contributed by atoms with Crippen LogP contribution in [0.5, 0.6) is 5.75 Å². The largest absolute Gasteiger partial charge is 0.508 e. The molecule has 1 aromatic heterocycles. The predicted octanol–water partition coefficient (Wildman–Crippen LogP) is 3.06. The zero-order valence-electron chi connectivity index (χ0n) is 13.1. The van der Waals surface area contributed by atoms with Crippen LogP contribution in [0.1, 0.15) is 22.2 Å². The van der Waals surface area contributed by atoms with Gasteiger partial charge in [-0.1, -0.05) is 12.1 Å². The van der Waals surface area contributed by atoms with Gasteiger partial charge in [-0.3, -0.25) is 0 Å². The number of aromatic hydroxyl groups is 1. The van der Waals surface area contributed by atoms with Gasteiger partial charge in [-0.05, 0) is 50.1 Å².